The van der Waals surface area contributed by atoms with E-state index in [1.807, 2.05) is 30.5 Å². The minimum atomic E-state index is -0.233. The van der Waals surface area contributed by atoms with Gasteiger partial charge in [-0.15, -0.1) is 11.3 Å². The summed E-state index contributed by atoms with van der Waals surface area (Å²) in [6, 6.07) is 14.2. The quantitative estimate of drug-likeness (QED) is 0.738. The lowest BCUT2D eigenvalue weighted by molar-refractivity contribution is 0.198. The zero-order valence-electron chi connectivity index (χ0n) is 13.0. The third kappa shape index (κ3) is 3.05. The molecule has 1 aliphatic heterocycles. The molecule has 0 unspecified atom stereocenters. The van der Waals surface area contributed by atoms with Crippen LogP contribution in [-0.2, 0) is 0 Å². The lowest BCUT2D eigenvalue weighted by atomic mass is 10.0. The molecule has 0 bridgehead atoms. The van der Waals surface area contributed by atoms with Gasteiger partial charge in [-0.25, -0.2) is 0 Å². The van der Waals surface area contributed by atoms with Gasteiger partial charge in [0.05, 0.1) is 23.7 Å². The molecule has 1 N–H and O–H groups in total. The van der Waals surface area contributed by atoms with E-state index in [2.05, 4.69) is 33.5 Å². The fraction of sp³-hybridized carbons (Fsp3) is 0.211. The van der Waals surface area contributed by atoms with Crippen LogP contribution in [0, 0.1) is 0 Å². The first-order chi connectivity index (χ1) is 11.7. The minimum Gasteiger partial charge on any atom is -0.391 e. The van der Waals surface area contributed by atoms with Gasteiger partial charge in [0.15, 0.2) is 0 Å². The molecule has 122 valence electrons. The molecule has 5 heteroatoms. The smallest absolute Gasteiger partial charge is 0.0731 e. The second-order valence-electron chi connectivity index (χ2n) is 5.96. The first-order valence-electron chi connectivity index (χ1n) is 7.93. The lowest BCUT2D eigenvalue weighted by Crippen LogP contribution is -2.21. The highest BCUT2D eigenvalue weighted by Gasteiger charge is 2.20. The molecule has 0 radical (unpaired) electrons. The van der Waals surface area contributed by atoms with E-state index < -0.39 is 0 Å². The Balaban J connectivity index is 1.70. The molecule has 1 aliphatic rings. The average Bonchev–Trinajstić information content (AvgIpc) is 3.27. The van der Waals surface area contributed by atoms with Crippen LogP contribution < -0.4 is 4.90 Å². The molecule has 1 aromatic carbocycles. The molecule has 2 aromatic heterocycles. The maximum Gasteiger partial charge on any atom is 0.0731 e. The van der Waals surface area contributed by atoms with Gasteiger partial charge < -0.3 is 10.0 Å². The topological polar surface area (TPSA) is 36.4 Å². The molecule has 24 heavy (non-hydrogen) atoms. The van der Waals surface area contributed by atoms with Gasteiger partial charge in [-0.05, 0) is 42.1 Å². The second-order valence-corrected chi connectivity index (χ2v) is 7.34. The number of aromatic nitrogens is 1. The number of thiophene rings is 1. The van der Waals surface area contributed by atoms with E-state index >= 15 is 0 Å². The molecule has 3 heterocycles. The lowest BCUT2D eigenvalue weighted by Gasteiger charge is -2.18. The fourth-order valence-corrected chi connectivity index (χ4v) is 4.02. The summed E-state index contributed by atoms with van der Waals surface area (Å²) in [4.78, 5) is 8.02. The van der Waals surface area contributed by atoms with Crippen molar-refractivity contribution in [2.24, 2.45) is 0 Å². The van der Waals surface area contributed by atoms with Gasteiger partial charge in [0.2, 0.25) is 0 Å². The van der Waals surface area contributed by atoms with Crippen molar-refractivity contribution in [3.05, 3.63) is 59.1 Å². The highest BCUT2D eigenvalue weighted by atomic mass is 35.5. The van der Waals surface area contributed by atoms with Crippen LogP contribution in [0.15, 0.2) is 54.0 Å². The number of β-amino-alcohol motifs (C(OH)–C–C–N with tert-alkyl or cyclic N) is 1. The predicted octanol–water partition coefficient (Wildman–Crippen LogP) is 4.70. The summed E-state index contributed by atoms with van der Waals surface area (Å²) in [5.74, 6) is 0. The van der Waals surface area contributed by atoms with Crippen molar-refractivity contribution in [1.29, 1.82) is 0 Å². The minimum absolute atomic E-state index is 0.233. The number of halogens is 1. The maximum absolute atomic E-state index is 9.69. The molecule has 0 amide bonds. The molecule has 1 atom stereocenters. The van der Waals surface area contributed by atoms with Gasteiger partial charge in [0, 0.05) is 34.1 Å². The summed E-state index contributed by atoms with van der Waals surface area (Å²) in [5, 5.41) is 12.5. The summed E-state index contributed by atoms with van der Waals surface area (Å²) in [6.07, 6.45) is 2.47. The van der Waals surface area contributed by atoms with E-state index in [1.54, 1.807) is 11.3 Å². The van der Waals surface area contributed by atoms with Gasteiger partial charge in [0.1, 0.15) is 0 Å². The Morgan fingerprint density at radius 3 is 2.75 bits per heavy atom. The van der Waals surface area contributed by atoms with E-state index in [1.165, 1.54) is 4.88 Å². The summed E-state index contributed by atoms with van der Waals surface area (Å²) in [7, 11) is 0. The van der Waals surface area contributed by atoms with Crippen molar-refractivity contribution in [2.45, 2.75) is 12.5 Å². The van der Waals surface area contributed by atoms with Crippen LogP contribution in [-0.4, -0.2) is 29.3 Å². The van der Waals surface area contributed by atoms with Crippen LogP contribution in [0.1, 0.15) is 6.42 Å². The molecule has 1 fully saturated rings. The number of pyridine rings is 1. The highest BCUT2D eigenvalue weighted by Crippen LogP contribution is 2.36. The van der Waals surface area contributed by atoms with Crippen molar-refractivity contribution >= 4 is 28.6 Å². The monoisotopic (exact) mass is 356 g/mol. The van der Waals surface area contributed by atoms with Gasteiger partial charge in [-0.2, -0.15) is 0 Å². The number of anilines is 1. The number of aliphatic hydroxyl groups excluding tert-OH is 1. The summed E-state index contributed by atoms with van der Waals surface area (Å²) < 4.78 is 0. The number of hydrogen-bond donors (Lipinski definition) is 1. The van der Waals surface area contributed by atoms with Crippen LogP contribution in [0.4, 0.5) is 5.69 Å². The first kappa shape index (κ1) is 15.6. The molecule has 0 saturated carbocycles. The molecular weight excluding hydrogens is 340 g/mol. The SMILES string of the molecule is O[C@@H]1CCN(c2ccc(-c3cc(Cl)ccc3-c3cccs3)nc2)C1. The Morgan fingerprint density at radius 1 is 1.17 bits per heavy atom. The number of nitrogens with zero attached hydrogens (tertiary/aromatic N) is 2. The summed E-state index contributed by atoms with van der Waals surface area (Å²) in [6.45, 7) is 1.55. The third-order valence-electron chi connectivity index (χ3n) is 4.32. The molecule has 4 rings (SSSR count). The van der Waals surface area contributed by atoms with Crippen LogP contribution in [0.3, 0.4) is 0 Å². The van der Waals surface area contributed by atoms with Crippen LogP contribution in [0.5, 0.6) is 0 Å². The number of benzene rings is 1. The Bertz CT molecular complexity index is 833. The van der Waals surface area contributed by atoms with Gasteiger partial charge in [0.25, 0.3) is 0 Å². The Morgan fingerprint density at radius 2 is 2.08 bits per heavy atom. The molecule has 3 nitrogen and oxygen atoms in total. The Kier molecular flexibility index (Phi) is 4.27. The molecule has 0 spiro atoms. The number of hydrogen-bond acceptors (Lipinski definition) is 4. The van der Waals surface area contributed by atoms with E-state index in [-0.39, 0.29) is 6.10 Å². The molecule has 1 saturated heterocycles. The van der Waals surface area contributed by atoms with Crippen molar-refractivity contribution in [2.75, 3.05) is 18.0 Å². The zero-order chi connectivity index (χ0) is 16.5. The average molecular weight is 357 g/mol. The van der Waals surface area contributed by atoms with Crippen LogP contribution in [0.2, 0.25) is 5.02 Å². The second kappa shape index (κ2) is 6.55. The summed E-state index contributed by atoms with van der Waals surface area (Å²) >= 11 is 7.93. The molecule has 0 aliphatic carbocycles. The predicted molar refractivity (Wildman–Crippen MR) is 101 cm³/mol. The van der Waals surface area contributed by atoms with Crippen molar-refractivity contribution in [3.63, 3.8) is 0 Å². The largest absolute Gasteiger partial charge is 0.391 e. The van der Waals surface area contributed by atoms with E-state index in [0.29, 0.717) is 11.6 Å². The maximum atomic E-state index is 9.69. The highest BCUT2D eigenvalue weighted by molar-refractivity contribution is 7.13. The molecular formula is C19H17ClN2OS. The van der Waals surface area contributed by atoms with Gasteiger partial charge in [-0.1, -0.05) is 23.7 Å². The Labute approximate surface area is 150 Å². The van der Waals surface area contributed by atoms with E-state index in [9.17, 15) is 5.11 Å². The zero-order valence-corrected chi connectivity index (χ0v) is 14.6. The fourth-order valence-electron chi connectivity index (χ4n) is 3.08. The van der Waals surface area contributed by atoms with Gasteiger partial charge in [-0.3, -0.25) is 4.98 Å². The number of rotatable bonds is 3. The normalized spacial score (nSPS) is 17.4. The van der Waals surface area contributed by atoms with Crippen molar-refractivity contribution in [1.82, 2.24) is 4.98 Å². The third-order valence-corrected chi connectivity index (χ3v) is 5.46. The Hall–Kier alpha value is -1.88. The molecule has 3 aromatic rings. The summed E-state index contributed by atoms with van der Waals surface area (Å²) in [5.41, 5.74) is 4.14. The van der Waals surface area contributed by atoms with E-state index in [0.717, 1.165) is 35.5 Å². The van der Waals surface area contributed by atoms with Crippen LogP contribution in [0.25, 0.3) is 21.7 Å². The van der Waals surface area contributed by atoms with E-state index in [4.69, 9.17) is 11.6 Å². The van der Waals surface area contributed by atoms with Crippen molar-refractivity contribution in [3.8, 4) is 21.7 Å². The van der Waals surface area contributed by atoms with Crippen LogP contribution >= 0.6 is 22.9 Å². The standard InChI is InChI=1S/C19H17ClN2OS/c20-13-3-5-16(19-2-1-9-24-19)17(10-13)18-6-4-14(11-21-18)22-8-7-15(23)12-22/h1-6,9-11,15,23H,7-8,12H2/t15-/m1/s1. The number of aliphatic hydroxyl groups is 1. The van der Waals surface area contributed by atoms with Gasteiger partial charge >= 0.3 is 0 Å². The van der Waals surface area contributed by atoms with Crippen molar-refractivity contribution < 1.29 is 5.11 Å². The first-order valence-corrected chi connectivity index (χ1v) is 9.19.